The second kappa shape index (κ2) is 7.92. The molecule has 1 aromatic carbocycles. The molecule has 3 N–H and O–H groups in total. The van der Waals surface area contributed by atoms with Crippen molar-refractivity contribution < 1.29 is 9.53 Å². The maximum Gasteiger partial charge on any atom is 0.351 e. The van der Waals surface area contributed by atoms with Crippen LogP contribution in [0.4, 0.5) is 5.69 Å². The van der Waals surface area contributed by atoms with Crippen LogP contribution in [0.1, 0.15) is 13.8 Å². The molecule has 6 heteroatoms. The van der Waals surface area contributed by atoms with Crippen LogP contribution in [0.2, 0.25) is 10.0 Å². The van der Waals surface area contributed by atoms with Gasteiger partial charge in [0, 0.05) is 15.7 Å². The van der Waals surface area contributed by atoms with Gasteiger partial charge in [0.2, 0.25) is 0 Å². The molecule has 0 aliphatic rings. The van der Waals surface area contributed by atoms with E-state index in [0.29, 0.717) is 22.3 Å². The van der Waals surface area contributed by atoms with E-state index in [1.165, 1.54) is 6.92 Å². The third-order valence-corrected chi connectivity index (χ3v) is 1.90. The number of hydrogen-bond donors (Lipinski definition) is 2. The van der Waals surface area contributed by atoms with Crippen LogP contribution in [0.5, 0.6) is 0 Å². The number of ether oxygens (including phenoxy) is 1. The van der Waals surface area contributed by atoms with Crippen LogP contribution in [0.15, 0.2) is 18.2 Å². The fourth-order valence-electron chi connectivity index (χ4n) is 0.815. The van der Waals surface area contributed by atoms with Crippen LogP contribution in [0, 0.1) is 5.41 Å². The Hall–Kier alpha value is -1.26. The van der Waals surface area contributed by atoms with Crippen LogP contribution >= 0.6 is 23.2 Å². The molecule has 0 fully saturated rings. The van der Waals surface area contributed by atoms with Gasteiger partial charge in [0.25, 0.3) is 0 Å². The number of nitrogen functional groups attached to an aromatic ring is 1. The standard InChI is InChI=1S/C6H5Cl2N.C5H9NO2/c7-4-1-5(8)3-6(9)2-4;1-3-8-5(7)4(2)6/h1-3H,9H2;6H,3H2,1-2H3. The van der Waals surface area contributed by atoms with Crippen molar-refractivity contribution in [3.05, 3.63) is 28.2 Å². The number of nitrogens with one attached hydrogen (secondary N) is 1. The maximum atomic E-state index is 10.3. The van der Waals surface area contributed by atoms with Gasteiger partial charge in [-0.3, -0.25) is 5.41 Å². The lowest BCUT2D eigenvalue weighted by molar-refractivity contribution is -0.135. The molecule has 0 aliphatic carbocycles. The molecule has 94 valence electrons. The minimum absolute atomic E-state index is 0.0492. The lowest BCUT2D eigenvalue weighted by Gasteiger charge is -1.95. The fourth-order valence-corrected chi connectivity index (χ4v) is 1.36. The van der Waals surface area contributed by atoms with Gasteiger partial charge in [0.1, 0.15) is 5.71 Å². The Kier molecular flexibility index (Phi) is 7.34. The Morgan fingerprint density at radius 2 is 1.82 bits per heavy atom. The molecule has 0 amide bonds. The largest absolute Gasteiger partial charge is 0.462 e. The number of nitrogens with two attached hydrogens (primary N) is 1. The van der Waals surface area contributed by atoms with Crippen molar-refractivity contribution in [3.63, 3.8) is 0 Å². The Balaban J connectivity index is 0.000000304. The molecule has 0 spiro atoms. The van der Waals surface area contributed by atoms with Gasteiger partial charge in [-0.15, -0.1) is 0 Å². The van der Waals surface area contributed by atoms with Crippen LogP contribution in [0.25, 0.3) is 0 Å². The summed E-state index contributed by atoms with van der Waals surface area (Å²) in [7, 11) is 0. The highest BCUT2D eigenvalue weighted by Gasteiger charge is 2.00. The topological polar surface area (TPSA) is 76.2 Å². The first-order chi connectivity index (χ1) is 7.86. The van der Waals surface area contributed by atoms with Crippen molar-refractivity contribution in [2.24, 2.45) is 0 Å². The number of anilines is 1. The summed E-state index contributed by atoms with van der Waals surface area (Å²) in [4.78, 5) is 10.3. The number of benzene rings is 1. The molecule has 4 nitrogen and oxygen atoms in total. The van der Waals surface area contributed by atoms with Gasteiger partial charge < -0.3 is 10.5 Å². The molecule has 0 radical (unpaired) electrons. The van der Waals surface area contributed by atoms with Crippen LogP contribution in [-0.4, -0.2) is 18.3 Å². The van der Waals surface area contributed by atoms with Crippen LogP contribution < -0.4 is 5.73 Å². The zero-order chi connectivity index (χ0) is 13.4. The second-order valence-corrected chi connectivity index (χ2v) is 3.92. The molecule has 0 saturated heterocycles. The molecule has 0 bridgehead atoms. The summed E-state index contributed by atoms with van der Waals surface area (Å²) in [6.45, 7) is 3.45. The van der Waals surface area contributed by atoms with E-state index in [1.807, 2.05) is 0 Å². The van der Waals surface area contributed by atoms with Crippen molar-refractivity contribution in [3.8, 4) is 0 Å². The summed E-state index contributed by atoms with van der Waals surface area (Å²) in [5.41, 5.74) is 5.93. The zero-order valence-corrected chi connectivity index (χ0v) is 11.1. The van der Waals surface area contributed by atoms with Gasteiger partial charge in [0.15, 0.2) is 0 Å². The van der Waals surface area contributed by atoms with Gasteiger partial charge in [-0.25, -0.2) is 4.79 Å². The van der Waals surface area contributed by atoms with E-state index in [1.54, 1.807) is 25.1 Å². The highest BCUT2D eigenvalue weighted by Crippen LogP contribution is 2.19. The molecule has 0 aliphatic heterocycles. The van der Waals surface area contributed by atoms with Crippen molar-refractivity contribution in [1.82, 2.24) is 0 Å². The molecular weight excluding hydrogens is 263 g/mol. The first-order valence-electron chi connectivity index (χ1n) is 4.80. The lowest BCUT2D eigenvalue weighted by atomic mass is 10.3. The molecule has 1 aromatic rings. The predicted molar refractivity (Wildman–Crippen MR) is 70.9 cm³/mol. The second-order valence-electron chi connectivity index (χ2n) is 3.05. The third-order valence-electron chi connectivity index (χ3n) is 1.47. The summed E-state index contributed by atoms with van der Waals surface area (Å²) in [5, 5.41) is 7.87. The van der Waals surface area contributed by atoms with Crippen molar-refractivity contribution >= 4 is 40.6 Å². The van der Waals surface area contributed by atoms with E-state index < -0.39 is 5.97 Å². The summed E-state index contributed by atoms with van der Waals surface area (Å²) in [6, 6.07) is 4.93. The molecule has 0 heterocycles. The number of halogens is 2. The summed E-state index contributed by atoms with van der Waals surface area (Å²) < 4.78 is 4.44. The Morgan fingerprint density at radius 3 is 2.06 bits per heavy atom. The van der Waals surface area contributed by atoms with Gasteiger partial charge in [0.05, 0.1) is 6.61 Å². The molecule has 1 rings (SSSR count). The number of rotatable bonds is 2. The Bertz CT molecular complexity index is 358. The number of esters is 1. The van der Waals surface area contributed by atoms with Gasteiger partial charge in [-0.1, -0.05) is 23.2 Å². The fraction of sp³-hybridized carbons (Fsp3) is 0.273. The predicted octanol–water partition coefficient (Wildman–Crippen LogP) is 3.16. The van der Waals surface area contributed by atoms with Gasteiger partial charge in [-0.05, 0) is 32.0 Å². The molecular formula is C11H14Cl2N2O2. The maximum absolute atomic E-state index is 10.3. The smallest absolute Gasteiger partial charge is 0.351 e. The normalized spacial score (nSPS) is 8.94. The van der Waals surface area contributed by atoms with Crippen LogP contribution in [0.3, 0.4) is 0 Å². The summed E-state index contributed by atoms with van der Waals surface area (Å²) in [5.74, 6) is -0.535. The van der Waals surface area contributed by atoms with E-state index in [9.17, 15) is 4.79 Å². The first kappa shape index (κ1) is 15.7. The quantitative estimate of drug-likeness (QED) is 0.495. The zero-order valence-electron chi connectivity index (χ0n) is 9.59. The Morgan fingerprint density at radius 1 is 1.35 bits per heavy atom. The first-order valence-corrected chi connectivity index (χ1v) is 5.56. The van der Waals surface area contributed by atoms with Crippen molar-refractivity contribution in [2.45, 2.75) is 13.8 Å². The minimum atomic E-state index is -0.535. The van der Waals surface area contributed by atoms with E-state index in [-0.39, 0.29) is 5.71 Å². The van der Waals surface area contributed by atoms with E-state index in [4.69, 9.17) is 34.3 Å². The molecule has 0 aromatic heterocycles. The SMILES string of the molecule is CCOC(=O)C(C)=N.Nc1cc(Cl)cc(Cl)c1. The molecule has 0 saturated carbocycles. The highest BCUT2D eigenvalue weighted by atomic mass is 35.5. The summed E-state index contributed by atoms with van der Waals surface area (Å²) in [6.07, 6.45) is 0. The lowest BCUT2D eigenvalue weighted by Crippen LogP contribution is -2.12. The van der Waals surface area contributed by atoms with E-state index >= 15 is 0 Å². The van der Waals surface area contributed by atoms with Crippen LogP contribution in [-0.2, 0) is 9.53 Å². The van der Waals surface area contributed by atoms with Gasteiger partial charge in [-0.2, -0.15) is 0 Å². The molecule has 0 atom stereocenters. The molecule has 17 heavy (non-hydrogen) atoms. The van der Waals surface area contributed by atoms with Crippen molar-refractivity contribution in [2.75, 3.05) is 12.3 Å². The average Bonchev–Trinajstić information content (AvgIpc) is 2.16. The number of carbonyl (C=O) groups is 1. The average molecular weight is 277 g/mol. The number of carbonyl (C=O) groups excluding carboxylic acids is 1. The third kappa shape index (κ3) is 7.60. The Labute approximate surface area is 110 Å². The summed E-state index contributed by atoms with van der Waals surface area (Å²) >= 11 is 11.2. The van der Waals surface area contributed by atoms with E-state index in [0.717, 1.165) is 0 Å². The van der Waals surface area contributed by atoms with E-state index in [2.05, 4.69) is 4.74 Å². The number of hydrogen-bond acceptors (Lipinski definition) is 4. The van der Waals surface area contributed by atoms with Gasteiger partial charge >= 0.3 is 5.97 Å². The monoisotopic (exact) mass is 276 g/mol. The highest BCUT2D eigenvalue weighted by molar-refractivity contribution is 6.35. The molecule has 0 unspecified atom stereocenters. The minimum Gasteiger partial charge on any atom is -0.462 e. The van der Waals surface area contributed by atoms with Crippen molar-refractivity contribution in [1.29, 1.82) is 5.41 Å².